The van der Waals surface area contributed by atoms with E-state index in [0.717, 1.165) is 89.9 Å². The van der Waals surface area contributed by atoms with Gasteiger partial charge in [0.1, 0.15) is 12.7 Å². The van der Waals surface area contributed by atoms with Crippen molar-refractivity contribution < 1.29 is 47.8 Å². The van der Waals surface area contributed by atoms with Crippen LogP contribution in [0.5, 0.6) is 0 Å². The van der Waals surface area contributed by atoms with Gasteiger partial charge in [-0.15, -0.1) is 0 Å². The van der Waals surface area contributed by atoms with Crippen molar-refractivity contribution in [2.75, 3.05) is 26.4 Å². The van der Waals surface area contributed by atoms with Gasteiger partial charge >= 0.3 is 19.8 Å². The SMILES string of the molecule is CC/C=C\C/C=C\C/C=C\C/C=C\CCCCCCCCCCCCC(=O)OC(COC(=O)CCCCCCC/C=C\CCCC)COP(=O)(O)OCC(O)CO. The van der Waals surface area contributed by atoms with Gasteiger partial charge in [-0.3, -0.25) is 18.6 Å². The number of hydrogen-bond donors (Lipinski definition) is 3. The zero-order valence-electron chi connectivity index (χ0n) is 35.8. The van der Waals surface area contributed by atoms with E-state index in [1.165, 1.54) is 51.4 Å². The second-order valence-electron chi connectivity index (χ2n) is 14.7. The molecule has 0 aromatic heterocycles. The Hall–Kier alpha value is -2.33. The van der Waals surface area contributed by atoms with E-state index < -0.39 is 51.8 Å². The number of phosphoric acid groups is 1. The zero-order valence-corrected chi connectivity index (χ0v) is 36.7. The lowest BCUT2D eigenvalue weighted by Crippen LogP contribution is -2.29. The molecule has 11 heteroatoms. The Kier molecular flexibility index (Phi) is 40.1. The van der Waals surface area contributed by atoms with Crippen LogP contribution in [0.25, 0.3) is 0 Å². The van der Waals surface area contributed by atoms with Gasteiger partial charge in [-0.05, 0) is 70.6 Å². The Morgan fingerprint density at radius 3 is 1.47 bits per heavy atom. The summed E-state index contributed by atoms with van der Waals surface area (Å²) in [5.74, 6) is -0.944. The molecular weight excluding hydrogens is 743 g/mol. The maximum Gasteiger partial charge on any atom is 0.472 e. The maximum atomic E-state index is 12.6. The van der Waals surface area contributed by atoms with Crippen LogP contribution in [-0.2, 0) is 32.7 Å². The van der Waals surface area contributed by atoms with Crippen LogP contribution in [0.3, 0.4) is 0 Å². The van der Waals surface area contributed by atoms with Crippen molar-refractivity contribution in [3.05, 3.63) is 60.8 Å². The molecule has 3 atom stereocenters. The molecule has 0 fully saturated rings. The van der Waals surface area contributed by atoms with Gasteiger partial charge in [0.05, 0.1) is 19.8 Å². The van der Waals surface area contributed by atoms with E-state index in [9.17, 15) is 24.2 Å². The lowest BCUT2D eigenvalue weighted by molar-refractivity contribution is -0.161. The van der Waals surface area contributed by atoms with Crippen molar-refractivity contribution in [3.8, 4) is 0 Å². The summed E-state index contributed by atoms with van der Waals surface area (Å²) in [5.41, 5.74) is 0. The van der Waals surface area contributed by atoms with Crippen LogP contribution in [0, 0.1) is 0 Å². The summed E-state index contributed by atoms with van der Waals surface area (Å²) in [6.07, 6.45) is 46.2. The minimum absolute atomic E-state index is 0.175. The molecule has 330 valence electrons. The molecule has 0 aliphatic rings. The summed E-state index contributed by atoms with van der Waals surface area (Å²) in [6, 6.07) is 0. The lowest BCUT2D eigenvalue weighted by Gasteiger charge is -2.20. The molecule has 0 saturated carbocycles. The number of phosphoric ester groups is 1. The number of aliphatic hydroxyl groups excluding tert-OH is 2. The fourth-order valence-corrected chi connectivity index (χ4v) is 6.52. The van der Waals surface area contributed by atoms with Gasteiger partial charge in [-0.1, -0.05) is 158 Å². The fourth-order valence-electron chi connectivity index (χ4n) is 5.73. The van der Waals surface area contributed by atoms with Crippen molar-refractivity contribution in [3.63, 3.8) is 0 Å². The molecule has 0 aromatic carbocycles. The fraction of sp³-hybridized carbons (Fsp3) is 0.739. The van der Waals surface area contributed by atoms with Crippen molar-refractivity contribution in [1.29, 1.82) is 0 Å². The monoisotopic (exact) mass is 825 g/mol. The summed E-state index contributed by atoms with van der Waals surface area (Å²) in [7, 11) is -4.62. The zero-order chi connectivity index (χ0) is 41.9. The first-order valence-electron chi connectivity index (χ1n) is 22.2. The first-order chi connectivity index (χ1) is 27.7. The van der Waals surface area contributed by atoms with E-state index in [1.807, 2.05) is 0 Å². The minimum Gasteiger partial charge on any atom is -0.462 e. The number of carbonyl (C=O) groups excluding carboxylic acids is 2. The van der Waals surface area contributed by atoms with E-state index in [2.05, 4.69) is 79.1 Å². The number of aliphatic hydroxyl groups is 2. The highest BCUT2D eigenvalue weighted by Gasteiger charge is 2.27. The molecule has 3 unspecified atom stereocenters. The minimum atomic E-state index is -4.62. The van der Waals surface area contributed by atoms with Crippen molar-refractivity contribution in [1.82, 2.24) is 0 Å². The summed E-state index contributed by atoms with van der Waals surface area (Å²) < 4.78 is 32.7. The molecule has 0 aliphatic heterocycles. The molecular formula is C46H81O10P. The third kappa shape index (κ3) is 41.6. The average Bonchev–Trinajstić information content (AvgIpc) is 3.20. The van der Waals surface area contributed by atoms with Crippen molar-refractivity contribution in [2.45, 2.75) is 193 Å². The third-order valence-electron chi connectivity index (χ3n) is 9.16. The van der Waals surface area contributed by atoms with E-state index in [4.69, 9.17) is 19.1 Å². The van der Waals surface area contributed by atoms with Gasteiger partial charge in [0.2, 0.25) is 0 Å². The highest BCUT2D eigenvalue weighted by molar-refractivity contribution is 7.47. The number of unbranched alkanes of at least 4 members (excludes halogenated alkanes) is 17. The summed E-state index contributed by atoms with van der Waals surface area (Å²) in [4.78, 5) is 35.0. The number of allylic oxidation sites excluding steroid dienone is 10. The molecule has 0 radical (unpaired) electrons. The standard InChI is InChI=1S/C46H81O10P/c1-3-5-7-9-11-13-15-16-17-18-19-20-21-22-23-24-25-26-28-30-32-34-36-38-46(50)56-44(42-55-57(51,52)54-40-43(48)39-47)41-53-45(49)37-35-33-31-29-27-14-12-10-8-6-4-2/h5,7,10-13,16-17,19-20,43-44,47-48H,3-4,6,8-9,14-15,18,21-42H2,1-2H3,(H,51,52)/b7-5-,12-10-,13-11-,17-16-,20-19-. The Labute approximate surface area is 346 Å². The van der Waals surface area contributed by atoms with Crippen molar-refractivity contribution in [2.24, 2.45) is 0 Å². The van der Waals surface area contributed by atoms with E-state index >= 15 is 0 Å². The van der Waals surface area contributed by atoms with Crippen LogP contribution in [0.1, 0.15) is 181 Å². The summed E-state index contributed by atoms with van der Waals surface area (Å²) in [6.45, 7) is 2.21. The second-order valence-corrected chi connectivity index (χ2v) is 16.1. The Balaban J connectivity index is 4.22. The number of carbonyl (C=O) groups is 2. The van der Waals surface area contributed by atoms with Gasteiger partial charge in [0, 0.05) is 12.8 Å². The van der Waals surface area contributed by atoms with Crippen LogP contribution in [0.15, 0.2) is 60.8 Å². The van der Waals surface area contributed by atoms with E-state index in [1.54, 1.807) is 0 Å². The van der Waals surface area contributed by atoms with Crippen LogP contribution in [0.2, 0.25) is 0 Å². The largest absolute Gasteiger partial charge is 0.472 e. The first-order valence-corrected chi connectivity index (χ1v) is 23.7. The number of esters is 2. The molecule has 57 heavy (non-hydrogen) atoms. The predicted molar refractivity (Wildman–Crippen MR) is 233 cm³/mol. The van der Waals surface area contributed by atoms with Crippen LogP contribution < -0.4 is 0 Å². The number of ether oxygens (including phenoxy) is 2. The van der Waals surface area contributed by atoms with Crippen molar-refractivity contribution >= 4 is 19.8 Å². The molecule has 0 saturated heterocycles. The van der Waals surface area contributed by atoms with E-state index in [-0.39, 0.29) is 19.4 Å². The molecule has 10 nitrogen and oxygen atoms in total. The highest BCUT2D eigenvalue weighted by Crippen LogP contribution is 2.43. The Morgan fingerprint density at radius 1 is 0.544 bits per heavy atom. The second kappa shape index (κ2) is 41.8. The molecule has 3 N–H and O–H groups in total. The number of hydrogen-bond acceptors (Lipinski definition) is 9. The quantitative estimate of drug-likeness (QED) is 0.0235. The molecule has 0 rings (SSSR count). The predicted octanol–water partition coefficient (Wildman–Crippen LogP) is 11.9. The van der Waals surface area contributed by atoms with Gasteiger partial charge in [0.25, 0.3) is 0 Å². The van der Waals surface area contributed by atoms with Gasteiger partial charge in [-0.25, -0.2) is 4.57 Å². The summed E-state index contributed by atoms with van der Waals surface area (Å²) >= 11 is 0. The average molecular weight is 825 g/mol. The lowest BCUT2D eigenvalue weighted by atomic mass is 10.0. The molecule has 0 spiro atoms. The summed E-state index contributed by atoms with van der Waals surface area (Å²) in [5, 5.41) is 18.3. The van der Waals surface area contributed by atoms with Gasteiger partial charge in [0.15, 0.2) is 6.10 Å². The van der Waals surface area contributed by atoms with Crippen LogP contribution >= 0.6 is 7.82 Å². The Morgan fingerprint density at radius 2 is 0.965 bits per heavy atom. The molecule has 0 aromatic rings. The molecule has 0 heterocycles. The number of rotatable bonds is 41. The van der Waals surface area contributed by atoms with E-state index in [0.29, 0.717) is 12.8 Å². The van der Waals surface area contributed by atoms with Crippen LogP contribution in [0.4, 0.5) is 0 Å². The first kappa shape index (κ1) is 54.7. The maximum absolute atomic E-state index is 12.6. The Bertz CT molecular complexity index is 1130. The third-order valence-corrected chi connectivity index (χ3v) is 10.1. The smallest absolute Gasteiger partial charge is 0.462 e. The molecule has 0 aliphatic carbocycles. The normalized spacial score (nSPS) is 14.4. The van der Waals surface area contributed by atoms with Gasteiger partial charge in [-0.2, -0.15) is 0 Å². The van der Waals surface area contributed by atoms with Crippen LogP contribution in [-0.4, -0.2) is 65.7 Å². The van der Waals surface area contributed by atoms with Gasteiger partial charge < -0.3 is 24.6 Å². The molecule has 0 bridgehead atoms. The topological polar surface area (TPSA) is 149 Å². The highest BCUT2D eigenvalue weighted by atomic mass is 31.2. The molecule has 0 amide bonds.